The highest BCUT2D eigenvalue weighted by molar-refractivity contribution is 5.85. The van der Waals surface area contributed by atoms with Gasteiger partial charge in [-0.1, -0.05) is 35.9 Å². The van der Waals surface area contributed by atoms with Crippen LogP contribution < -0.4 is 15.2 Å². The molecule has 1 aliphatic rings. The molecule has 5 heteroatoms. The highest BCUT2D eigenvalue weighted by Gasteiger charge is 2.20. The van der Waals surface area contributed by atoms with Crippen LogP contribution in [-0.2, 0) is 4.79 Å². The van der Waals surface area contributed by atoms with Gasteiger partial charge in [-0.15, -0.1) is 0 Å². The van der Waals surface area contributed by atoms with Gasteiger partial charge in [0.05, 0.1) is 45.4 Å². The molecule has 0 spiro atoms. The van der Waals surface area contributed by atoms with Crippen LogP contribution in [0.5, 0.6) is 0 Å². The van der Waals surface area contributed by atoms with Gasteiger partial charge < -0.3 is 9.80 Å². The number of hydrazone groups is 1. The average molecular weight is 380 g/mol. The van der Waals surface area contributed by atoms with E-state index < -0.39 is 0 Å². The summed E-state index contributed by atoms with van der Waals surface area (Å²) in [5.41, 5.74) is 8.64. The highest BCUT2D eigenvalue weighted by Crippen LogP contribution is 2.14. The van der Waals surface area contributed by atoms with Crippen molar-refractivity contribution >= 4 is 17.8 Å². The molecule has 1 fully saturated rings. The molecule has 2 aromatic rings. The van der Waals surface area contributed by atoms with Crippen LogP contribution in [-0.4, -0.2) is 44.8 Å². The van der Waals surface area contributed by atoms with Gasteiger partial charge in [-0.25, -0.2) is 5.43 Å². The predicted molar refractivity (Wildman–Crippen MR) is 115 cm³/mol. The number of quaternary nitrogens is 1. The number of anilines is 1. The Bertz CT molecular complexity index is 801. The van der Waals surface area contributed by atoms with E-state index in [1.165, 1.54) is 27.3 Å². The number of amides is 1. The second kappa shape index (κ2) is 9.51. The molecule has 1 saturated heterocycles. The molecule has 1 amide bonds. The number of nitrogens with one attached hydrogen (secondary N) is 2. The summed E-state index contributed by atoms with van der Waals surface area (Å²) in [5, 5.41) is 4.17. The van der Waals surface area contributed by atoms with Crippen LogP contribution in [0.2, 0.25) is 0 Å². The zero-order chi connectivity index (χ0) is 19.9. The topological polar surface area (TPSA) is 49.1 Å². The molecule has 0 aliphatic carbocycles. The molecule has 2 N–H and O–H groups in total. The first-order valence-electron chi connectivity index (χ1n) is 10.1. The highest BCUT2D eigenvalue weighted by atomic mass is 16.2. The number of benzene rings is 2. The molecule has 148 valence electrons. The van der Waals surface area contributed by atoms with Gasteiger partial charge in [0.2, 0.25) is 5.91 Å². The van der Waals surface area contributed by atoms with Gasteiger partial charge in [0.15, 0.2) is 0 Å². The molecule has 2 aromatic carbocycles. The van der Waals surface area contributed by atoms with E-state index in [2.05, 4.69) is 72.6 Å². The van der Waals surface area contributed by atoms with Gasteiger partial charge in [-0.2, -0.15) is 5.10 Å². The Labute approximate surface area is 168 Å². The van der Waals surface area contributed by atoms with E-state index in [4.69, 9.17) is 0 Å². The largest absolute Gasteiger partial charge is 0.360 e. The first-order chi connectivity index (χ1) is 13.5. The smallest absolute Gasteiger partial charge is 0.245 e. The minimum Gasteiger partial charge on any atom is -0.360 e. The molecule has 1 heterocycles. The van der Waals surface area contributed by atoms with Crippen molar-refractivity contribution in [1.82, 2.24) is 5.43 Å². The maximum absolute atomic E-state index is 12.1. The van der Waals surface area contributed by atoms with E-state index in [0.29, 0.717) is 6.42 Å². The van der Waals surface area contributed by atoms with Crippen LogP contribution in [0.4, 0.5) is 5.69 Å². The van der Waals surface area contributed by atoms with E-state index in [0.717, 1.165) is 38.3 Å². The lowest BCUT2D eigenvalue weighted by molar-refractivity contribution is -0.900. The second-order valence-corrected chi connectivity index (χ2v) is 7.68. The average Bonchev–Trinajstić information content (AvgIpc) is 2.69. The van der Waals surface area contributed by atoms with Gasteiger partial charge in [-0.05, 0) is 44.0 Å². The Hall–Kier alpha value is -2.66. The lowest BCUT2D eigenvalue weighted by atomic mass is 10.0. The third-order valence-electron chi connectivity index (χ3n) is 5.42. The van der Waals surface area contributed by atoms with Crippen LogP contribution in [0.3, 0.4) is 0 Å². The molecular formula is C23H31N4O+. The van der Waals surface area contributed by atoms with Gasteiger partial charge in [0.25, 0.3) is 0 Å². The Kier molecular flexibility index (Phi) is 6.82. The molecular weight excluding hydrogens is 348 g/mol. The monoisotopic (exact) mass is 379 g/mol. The van der Waals surface area contributed by atoms with E-state index in [-0.39, 0.29) is 5.91 Å². The van der Waals surface area contributed by atoms with Crippen molar-refractivity contribution in [3.05, 3.63) is 64.7 Å². The van der Waals surface area contributed by atoms with E-state index in [1.54, 1.807) is 6.21 Å². The molecule has 5 nitrogen and oxygen atoms in total. The zero-order valence-electron chi connectivity index (χ0n) is 17.2. The van der Waals surface area contributed by atoms with Crippen LogP contribution in [0.25, 0.3) is 0 Å². The quantitative estimate of drug-likeness (QED) is 0.595. The summed E-state index contributed by atoms with van der Waals surface area (Å²) in [5.74, 6) is -0.0170. The summed E-state index contributed by atoms with van der Waals surface area (Å²) in [7, 11) is 0. The Morgan fingerprint density at radius 3 is 2.39 bits per heavy atom. The number of rotatable bonds is 6. The van der Waals surface area contributed by atoms with Crippen molar-refractivity contribution in [3.63, 3.8) is 0 Å². The van der Waals surface area contributed by atoms with Crippen molar-refractivity contribution in [2.24, 2.45) is 5.10 Å². The van der Waals surface area contributed by atoms with Crippen molar-refractivity contribution in [2.45, 2.75) is 27.2 Å². The molecule has 0 unspecified atom stereocenters. The van der Waals surface area contributed by atoms with Crippen molar-refractivity contribution in [3.8, 4) is 0 Å². The summed E-state index contributed by atoms with van der Waals surface area (Å²) in [6.45, 7) is 11.3. The first-order valence-corrected chi connectivity index (χ1v) is 10.1. The van der Waals surface area contributed by atoms with Crippen molar-refractivity contribution in [1.29, 1.82) is 0 Å². The Balaban J connectivity index is 1.41. The van der Waals surface area contributed by atoms with Crippen LogP contribution in [0, 0.1) is 20.8 Å². The van der Waals surface area contributed by atoms with E-state index >= 15 is 0 Å². The molecule has 0 atom stereocenters. The number of piperazine rings is 1. The lowest BCUT2D eigenvalue weighted by Gasteiger charge is -2.33. The zero-order valence-corrected chi connectivity index (χ0v) is 17.2. The summed E-state index contributed by atoms with van der Waals surface area (Å²) < 4.78 is 0. The van der Waals surface area contributed by atoms with E-state index in [1.807, 2.05) is 6.07 Å². The number of hydrogen-bond acceptors (Lipinski definition) is 3. The number of para-hydroxylation sites is 1. The molecule has 0 saturated carbocycles. The molecule has 3 rings (SSSR count). The van der Waals surface area contributed by atoms with Crippen LogP contribution >= 0.6 is 0 Å². The molecule has 1 aliphatic heterocycles. The Morgan fingerprint density at radius 2 is 1.75 bits per heavy atom. The van der Waals surface area contributed by atoms with E-state index in [9.17, 15) is 4.79 Å². The van der Waals surface area contributed by atoms with Crippen LogP contribution in [0.15, 0.2) is 47.6 Å². The summed E-state index contributed by atoms with van der Waals surface area (Å²) in [6.07, 6.45) is 2.26. The molecule has 0 bridgehead atoms. The fraction of sp³-hybridized carbons (Fsp3) is 0.391. The van der Waals surface area contributed by atoms with Crippen molar-refractivity contribution < 1.29 is 9.69 Å². The fourth-order valence-corrected chi connectivity index (χ4v) is 3.88. The predicted octanol–water partition coefficient (Wildman–Crippen LogP) is 1.86. The van der Waals surface area contributed by atoms with Gasteiger partial charge in [-0.3, -0.25) is 4.79 Å². The molecule has 0 radical (unpaired) electrons. The standard InChI is InChI=1S/C23H30N4O/c1-18-15-19(2)22(20(3)16-18)17-24-25-23(28)9-10-26-11-13-27(14-12-26)21-7-5-4-6-8-21/h4-8,15-17H,9-14H2,1-3H3,(H,25,28)/p+1/b24-17-. The summed E-state index contributed by atoms with van der Waals surface area (Å²) in [4.78, 5) is 16.0. The maximum atomic E-state index is 12.1. The Morgan fingerprint density at radius 1 is 1.11 bits per heavy atom. The van der Waals surface area contributed by atoms with Crippen molar-refractivity contribution in [2.75, 3.05) is 37.6 Å². The fourth-order valence-electron chi connectivity index (χ4n) is 3.88. The minimum absolute atomic E-state index is 0.0170. The van der Waals surface area contributed by atoms with Gasteiger partial charge in [0.1, 0.15) is 0 Å². The number of carbonyl (C=O) groups is 1. The summed E-state index contributed by atoms with van der Waals surface area (Å²) in [6, 6.07) is 14.8. The molecule has 0 aromatic heterocycles. The number of aryl methyl sites for hydroxylation is 3. The lowest BCUT2D eigenvalue weighted by Crippen LogP contribution is -3.15. The van der Waals surface area contributed by atoms with Crippen LogP contribution in [0.1, 0.15) is 28.7 Å². The molecule has 28 heavy (non-hydrogen) atoms. The summed E-state index contributed by atoms with van der Waals surface area (Å²) >= 11 is 0. The maximum Gasteiger partial charge on any atom is 0.245 e. The first kappa shape index (κ1) is 20.1. The van der Waals surface area contributed by atoms with Gasteiger partial charge in [0, 0.05) is 11.3 Å². The third kappa shape index (κ3) is 5.42. The SMILES string of the molecule is Cc1cc(C)c(/C=N\NC(=O)CC[NH+]2CCN(c3ccccc3)CC2)c(C)c1. The third-order valence-corrected chi connectivity index (χ3v) is 5.42. The second-order valence-electron chi connectivity index (χ2n) is 7.68. The van der Waals surface area contributed by atoms with Gasteiger partial charge >= 0.3 is 0 Å². The minimum atomic E-state index is -0.0170. The number of carbonyl (C=O) groups excluding carboxylic acids is 1. The number of hydrogen-bond donors (Lipinski definition) is 2. The normalized spacial score (nSPS) is 15.2. The number of nitrogens with zero attached hydrogens (tertiary/aromatic N) is 2.